The molecule has 0 bridgehead atoms. The molecule has 17 heavy (non-hydrogen) atoms. The number of hydrogen-bond donors (Lipinski definition) is 1. The van der Waals surface area contributed by atoms with Crippen molar-refractivity contribution in [2.75, 3.05) is 0 Å². The molecule has 0 saturated heterocycles. The van der Waals surface area contributed by atoms with Crippen molar-refractivity contribution in [2.45, 2.75) is 63.8 Å². The van der Waals surface area contributed by atoms with E-state index in [1.807, 2.05) is 25.6 Å². The van der Waals surface area contributed by atoms with Crippen LogP contribution in [0.5, 0.6) is 0 Å². The maximum atomic E-state index is 6.04. The Morgan fingerprint density at radius 1 is 1.29 bits per heavy atom. The summed E-state index contributed by atoms with van der Waals surface area (Å²) in [6.45, 7) is 4.06. The van der Waals surface area contributed by atoms with Gasteiger partial charge >= 0.3 is 0 Å². The highest BCUT2D eigenvalue weighted by atomic mass is 15.3. The monoisotopic (exact) mass is 236 g/mol. The van der Waals surface area contributed by atoms with Gasteiger partial charge in [-0.3, -0.25) is 4.68 Å². The molecule has 1 aliphatic rings. The topological polar surface area (TPSA) is 56.7 Å². The first-order valence-corrected chi connectivity index (χ1v) is 6.64. The van der Waals surface area contributed by atoms with Crippen molar-refractivity contribution in [2.24, 2.45) is 12.8 Å². The van der Waals surface area contributed by atoms with E-state index in [2.05, 4.69) is 5.10 Å². The Morgan fingerprint density at radius 2 is 1.94 bits per heavy atom. The van der Waals surface area contributed by atoms with Gasteiger partial charge in [0.15, 0.2) is 5.82 Å². The van der Waals surface area contributed by atoms with E-state index < -0.39 is 0 Å². The average Bonchev–Trinajstić information content (AvgIpc) is 2.59. The molecule has 0 radical (unpaired) electrons. The Balaban J connectivity index is 2.12. The van der Waals surface area contributed by atoms with Gasteiger partial charge < -0.3 is 5.73 Å². The van der Waals surface area contributed by atoms with Crippen molar-refractivity contribution in [1.29, 1.82) is 0 Å². The van der Waals surface area contributed by atoms with Crippen molar-refractivity contribution in [1.82, 2.24) is 14.8 Å². The van der Waals surface area contributed by atoms with Gasteiger partial charge in [-0.2, -0.15) is 5.10 Å². The Labute approximate surface area is 104 Å². The third-order valence-electron chi connectivity index (χ3n) is 3.45. The van der Waals surface area contributed by atoms with Crippen LogP contribution in [0, 0.1) is 0 Å². The van der Waals surface area contributed by atoms with Crippen LogP contribution in [-0.4, -0.2) is 20.3 Å². The first kappa shape index (κ1) is 12.6. The van der Waals surface area contributed by atoms with Crippen LogP contribution in [0.25, 0.3) is 0 Å². The van der Waals surface area contributed by atoms with E-state index in [4.69, 9.17) is 10.7 Å². The van der Waals surface area contributed by atoms with Gasteiger partial charge in [0.25, 0.3) is 0 Å². The van der Waals surface area contributed by atoms with Gasteiger partial charge in [0.2, 0.25) is 0 Å². The summed E-state index contributed by atoms with van der Waals surface area (Å²) in [5.41, 5.74) is 5.83. The number of aromatic nitrogens is 3. The number of rotatable bonds is 3. The molecule has 1 saturated carbocycles. The van der Waals surface area contributed by atoms with Gasteiger partial charge in [-0.25, -0.2) is 4.98 Å². The minimum atomic E-state index is -0.218. The second-order valence-electron chi connectivity index (χ2n) is 6.01. The Hall–Kier alpha value is -0.900. The molecule has 4 nitrogen and oxygen atoms in total. The van der Waals surface area contributed by atoms with Gasteiger partial charge in [0.05, 0.1) is 0 Å². The second kappa shape index (κ2) is 4.77. The fraction of sp³-hybridized carbons (Fsp3) is 0.846. The third kappa shape index (κ3) is 3.28. The zero-order chi connectivity index (χ0) is 12.5. The van der Waals surface area contributed by atoms with Crippen LogP contribution in [-0.2, 0) is 13.5 Å². The summed E-state index contributed by atoms with van der Waals surface area (Å²) in [4.78, 5) is 4.69. The highest BCUT2D eigenvalue weighted by molar-refractivity contribution is 5.03. The Bertz CT molecular complexity index is 369. The smallest absolute Gasteiger partial charge is 0.154 e. The highest BCUT2D eigenvalue weighted by Gasteiger charge is 2.22. The second-order valence-corrected chi connectivity index (χ2v) is 6.01. The third-order valence-corrected chi connectivity index (χ3v) is 3.45. The maximum absolute atomic E-state index is 6.04. The quantitative estimate of drug-likeness (QED) is 0.874. The van der Waals surface area contributed by atoms with Gasteiger partial charge in [-0.05, 0) is 26.7 Å². The van der Waals surface area contributed by atoms with E-state index in [0.717, 1.165) is 18.1 Å². The summed E-state index contributed by atoms with van der Waals surface area (Å²) in [5.74, 6) is 2.62. The van der Waals surface area contributed by atoms with Gasteiger partial charge in [0, 0.05) is 24.9 Å². The maximum Gasteiger partial charge on any atom is 0.154 e. The molecule has 1 fully saturated rings. The van der Waals surface area contributed by atoms with Crippen LogP contribution in [0.2, 0.25) is 0 Å². The Kier molecular flexibility index (Phi) is 3.52. The summed E-state index contributed by atoms with van der Waals surface area (Å²) >= 11 is 0. The molecular weight excluding hydrogens is 212 g/mol. The predicted octanol–water partition coefficient (Wildman–Crippen LogP) is 2.14. The molecule has 96 valence electrons. The van der Waals surface area contributed by atoms with Crippen LogP contribution in [0.4, 0.5) is 0 Å². The first-order valence-electron chi connectivity index (χ1n) is 6.64. The molecule has 0 unspecified atom stereocenters. The highest BCUT2D eigenvalue weighted by Crippen LogP contribution is 2.30. The van der Waals surface area contributed by atoms with E-state index in [1.165, 1.54) is 32.1 Å². The lowest BCUT2D eigenvalue weighted by Gasteiger charge is -2.18. The van der Waals surface area contributed by atoms with Crippen molar-refractivity contribution in [3.05, 3.63) is 11.6 Å². The lowest BCUT2D eigenvalue weighted by Crippen LogP contribution is -2.35. The molecule has 0 amide bonds. The molecule has 4 heteroatoms. The normalized spacial score (nSPS) is 18.6. The fourth-order valence-electron chi connectivity index (χ4n) is 2.53. The average molecular weight is 236 g/mol. The summed E-state index contributed by atoms with van der Waals surface area (Å²) in [6, 6.07) is 0. The minimum Gasteiger partial charge on any atom is -0.325 e. The summed E-state index contributed by atoms with van der Waals surface area (Å²) in [7, 11) is 1.97. The molecule has 0 atom stereocenters. The number of aryl methyl sites for hydroxylation is 1. The molecular formula is C13H24N4. The first-order chi connectivity index (χ1) is 7.96. The zero-order valence-corrected chi connectivity index (χ0v) is 11.2. The van der Waals surface area contributed by atoms with Gasteiger partial charge in [-0.15, -0.1) is 0 Å². The van der Waals surface area contributed by atoms with Gasteiger partial charge in [-0.1, -0.05) is 19.3 Å². The van der Waals surface area contributed by atoms with E-state index in [0.29, 0.717) is 5.92 Å². The fourth-order valence-corrected chi connectivity index (χ4v) is 2.53. The van der Waals surface area contributed by atoms with Crippen molar-refractivity contribution < 1.29 is 0 Å². The van der Waals surface area contributed by atoms with Crippen LogP contribution in [0.15, 0.2) is 0 Å². The van der Waals surface area contributed by atoms with Crippen LogP contribution in [0.3, 0.4) is 0 Å². The van der Waals surface area contributed by atoms with E-state index in [9.17, 15) is 0 Å². The molecule has 1 aliphatic carbocycles. The van der Waals surface area contributed by atoms with E-state index in [-0.39, 0.29) is 5.54 Å². The molecule has 1 heterocycles. The van der Waals surface area contributed by atoms with Crippen LogP contribution >= 0.6 is 0 Å². The standard InChI is InChI=1S/C13H24N4/c1-13(2,14)9-11-15-12(16-17(11)3)10-7-5-4-6-8-10/h10H,4-9,14H2,1-3H3. The lowest BCUT2D eigenvalue weighted by atomic mass is 9.89. The van der Waals surface area contributed by atoms with E-state index in [1.54, 1.807) is 0 Å². The van der Waals surface area contributed by atoms with E-state index >= 15 is 0 Å². The van der Waals surface area contributed by atoms with Gasteiger partial charge in [0.1, 0.15) is 5.82 Å². The largest absolute Gasteiger partial charge is 0.325 e. The Morgan fingerprint density at radius 3 is 2.53 bits per heavy atom. The number of nitrogens with zero attached hydrogens (tertiary/aromatic N) is 3. The zero-order valence-electron chi connectivity index (χ0n) is 11.2. The molecule has 1 aromatic heterocycles. The van der Waals surface area contributed by atoms with Crippen molar-refractivity contribution in [3.63, 3.8) is 0 Å². The summed E-state index contributed by atoms with van der Waals surface area (Å²) in [6.07, 6.45) is 7.28. The molecule has 2 rings (SSSR count). The lowest BCUT2D eigenvalue weighted by molar-refractivity contribution is 0.427. The molecule has 0 spiro atoms. The van der Waals surface area contributed by atoms with Crippen molar-refractivity contribution in [3.8, 4) is 0 Å². The molecule has 0 aromatic carbocycles. The molecule has 2 N–H and O–H groups in total. The predicted molar refractivity (Wildman–Crippen MR) is 68.8 cm³/mol. The van der Waals surface area contributed by atoms with Crippen LogP contribution < -0.4 is 5.73 Å². The molecule has 0 aliphatic heterocycles. The minimum absolute atomic E-state index is 0.218. The number of nitrogens with two attached hydrogens (primary N) is 1. The number of hydrogen-bond acceptors (Lipinski definition) is 3. The summed E-state index contributed by atoms with van der Waals surface area (Å²) in [5, 5.41) is 4.57. The molecule has 1 aromatic rings. The SMILES string of the molecule is Cn1nc(C2CCCCC2)nc1CC(C)(C)N. The summed E-state index contributed by atoms with van der Waals surface area (Å²) < 4.78 is 1.90. The van der Waals surface area contributed by atoms with Crippen molar-refractivity contribution >= 4 is 0 Å². The van der Waals surface area contributed by atoms with Crippen LogP contribution in [0.1, 0.15) is 63.5 Å².